The Hall–Kier alpha value is -5.36. The van der Waals surface area contributed by atoms with Crippen LogP contribution in [0.25, 0.3) is 22.2 Å². The highest BCUT2D eigenvalue weighted by molar-refractivity contribution is 6.05. The minimum Gasteiger partial charge on any atom is -0.352 e. The predicted octanol–water partition coefficient (Wildman–Crippen LogP) is 4.54. The molecule has 39 heavy (non-hydrogen) atoms. The van der Waals surface area contributed by atoms with Crippen LogP contribution in [0.3, 0.4) is 0 Å². The molecule has 3 aromatic carbocycles. The molecule has 190 valence electrons. The van der Waals surface area contributed by atoms with Gasteiger partial charge in [-0.3, -0.25) is 14.8 Å². The maximum atomic E-state index is 12.6. The lowest BCUT2D eigenvalue weighted by Crippen LogP contribution is -2.47. The highest BCUT2D eigenvalue weighted by Gasteiger charge is 2.20. The summed E-state index contributed by atoms with van der Waals surface area (Å²) >= 11 is 0. The molecule has 0 radical (unpaired) electrons. The van der Waals surface area contributed by atoms with Crippen LogP contribution in [0.4, 0.5) is 17.3 Å². The second-order valence-electron chi connectivity index (χ2n) is 9.16. The molecule has 1 aliphatic heterocycles. The van der Waals surface area contributed by atoms with Crippen LogP contribution in [-0.4, -0.2) is 52.0 Å². The van der Waals surface area contributed by atoms with Gasteiger partial charge in [0.25, 0.3) is 5.91 Å². The van der Waals surface area contributed by atoms with Gasteiger partial charge in [-0.1, -0.05) is 30.3 Å². The Labute approximate surface area is 225 Å². The molecule has 1 fully saturated rings. The second-order valence-corrected chi connectivity index (χ2v) is 9.16. The Bertz CT molecular complexity index is 1680. The van der Waals surface area contributed by atoms with Crippen LogP contribution >= 0.6 is 0 Å². The smallest absolute Gasteiger partial charge is 0.255 e. The maximum Gasteiger partial charge on any atom is 0.255 e. The zero-order valence-electron chi connectivity index (χ0n) is 21.0. The molecule has 9 heteroatoms. The van der Waals surface area contributed by atoms with E-state index in [-0.39, 0.29) is 5.91 Å². The van der Waals surface area contributed by atoms with E-state index in [0.29, 0.717) is 16.8 Å². The zero-order valence-corrected chi connectivity index (χ0v) is 21.0. The molecule has 0 atom stereocenters. The van der Waals surface area contributed by atoms with E-state index in [9.17, 15) is 10.1 Å². The van der Waals surface area contributed by atoms with E-state index in [1.165, 1.54) is 0 Å². The van der Waals surface area contributed by atoms with Gasteiger partial charge in [0.2, 0.25) is 0 Å². The first-order valence-electron chi connectivity index (χ1n) is 12.6. The van der Waals surface area contributed by atoms with Crippen LogP contribution in [0.2, 0.25) is 0 Å². The van der Waals surface area contributed by atoms with E-state index < -0.39 is 0 Å². The molecule has 0 aliphatic carbocycles. The lowest BCUT2D eigenvalue weighted by atomic mass is 10.0. The summed E-state index contributed by atoms with van der Waals surface area (Å²) in [6.07, 6.45) is 6.99. The number of anilines is 3. The molecule has 2 aromatic heterocycles. The topological polar surface area (TPSA) is 111 Å². The second kappa shape index (κ2) is 10.6. The molecule has 1 amide bonds. The van der Waals surface area contributed by atoms with Gasteiger partial charge in [-0.15, -0.1) is 0 Å². The molecule has 5 aromatic rings. The fourth-order valence-electron chi connectivity index (χ4n) is 4.66. The van der Waals surface area contributed by atoms with Gasteiger partial charge in [0.15, 0.2) is 0 Å². The predicted molar refractivity (Wildman–Crippen MR) is 151 cm³/mol. The Balaban J connectivity index is 1.21. The van der Waals surface area contributed by atoms with Crippen molar-refractivity contribution in [3.63, 3.8) is 0 Å². The number of hydrogen-bond donors (Lipinski definition) is 1. The van der Waals surface area contributed by atoms with E-state index in [0.717, 1.165) is 60.0 Å². The number of fused-ring (bicyclic) bond motifs is 1. The van der Waals surface area contributed by atoms with Crippen LogP contribution < -0.4 is 15.1 Å². The van der Waals surface area contributed by atoms with E-state index in [1.54, 1.807) is 55.0 Å². The fourth-order valence-corrected chi connectivity index (χ4v) is 4.66. The number of piperazine rings is 1. The van der Waals surface area contributed by atoms with Crippen molar-refractivity contribution in [1.29, 1.82) is 5.26 Å². The maximum absolute atomic E-state index is 12.6. The summed E-state index contributed by atoms with van der Waals surface area (Å²) in [7, 11) is 0. The number of hydrogen-bond acceptors (Lipinski definition) is 8. The van der Waals surface area contributed by atoms with Gasteiger partial charge in [-0.05, 0) is 47.5 Å². The number of nitrogens with zero attached hydrogens (tertiary/aromatic N) is 7. The number of rotatable bonds is 5. The molecule has 0 bridgehead atoms. The van der Waals surface area contributed by atoms with E-state index in [1.807, 2.05) is 36.5 Å². The zero-order chi connectivity index (χ0) is 26.6. The van der Waals surface area contributed by atoms with Crippen molar-refractivity contribution in [2.24, 2.45) is 0 Å². The van der Waals surface area contributed by atoms with E-state index in [4.69, 9.17) is 4.98 Å². The highest BCUT2D eigenvalue weighted by atomic mass is 16.1. The summed E-state index contributed by atoms with van der Waals surface area (Å²) < 4.78 is 0. The van der Waals surface area contributed by atoms with E-state index in [2.05, 4.69) is 36.1 Å². The highest BCUT2D eigenvalue weighted by Crippen LogP contribution is 2.28. The van der Waals surface area contributed by atoms with E-state index >= 15 is 0 Å². The number of nitriles is 1. The molecule has 0 unspecified atom stereocenters. The largest absolute Gasteiger partial charge is 0.352 e. The molecule has 0 saturated carbocycles. The Morgan fingerprint density at radius 1 is 0.795 bits per heavy atom. The third-order valence-electron chi connectivity index (χ3n) is 6.76. The number of carbonyl (C=O) groups excluding carboxylic acids is 1. The molecular weight excluding hydrogens is 488 g/mol. The van der Waals surface area contributed by atoms with Gasteiger partial charge >= 0.3 is 0 Å². The minimum absolute atomic E-state index is 0.258. The standard InChI is InChI=1S/C30H24N8O/c31-18-24-16-22(6-8-25(24)36-30(39)21-4-2-1-3-5-21)23-7-9-26-27(17-23)35-29(20-34-26)38-14-12-37(13-15-38)28-19-32-10-11-33-28/h1-11,16-17,19-20H,12-15H2,(H,36,39). The Morgan fingerprint density at radius 2 is 1.54 bits per heavy atom. The van der Waals surface area contributed by atoms with Gasteiger partial charge in [-0.25, -0.2) is 9.97 Å². The van der Waals surface area contributed by atoms with Crippen molar-refractivity contribution in [3.05, 3.63) is 103 Å². The summed E-state index contributed by atoms with van der Waals surface area (Å²) in [6.45, 7) is 3.25. The van der Waals surface area contributed by atoms with Crippen LogP contribution in [0.5, 0.6) is 0 Å². The van der Waals surface area contributed by atoms with Crippen LogP contribution in [0, 0.1) is 11.3 Å². The number of aromatic nitrogens is 4. The van der Waals surface area contributed by atoms with Gasteiger partial charge in [0.1, 0.15) is 17.7 Å². The summed E-state index contributed by atoms with van der Waals surface area (Å²) in [4.78, 5) is 35.1. The van der Waals surface area contributed by atoms with Gasteiger partial charge in [0, 0.05) is 44.1 Å². The summed E-state index contributed by atoms with van der Waals surface area (Å²) in [5, 5.41) is 12.6. The van der Waals surface area contributed by atoms with Crippen LogP contribution in [0.15, 0.2) is 91.5 Å². The molecular formula is C30H24N8O. The normalized spacial score (nSPS) is 13.2. The van der Waals surface area contributed by atoms with Crippen molar-refractivity contribution in [3.8, 4) is 17.2 Å². The van der Waals surface area contributed by atoms with Crippen molar-refractivity contribution < 1.29 is 4.79 Å². The lowest BCUT2D eigenvalue weighted by Gasteiger charge is -2.35. The Kier molecular flexibility index (Phi) is 6.50. The minimum atomic E-state index is -0.258. The van der Waals surface area contributed by atoms with Crippen LogP contribution in [0.1, 0.15) is 15.9 Å². The van der Waals surface area contributed by atoms with Gasteiger partial charge in [0.05, 0.1) is 34.7 Å². The van der Waals surface area contributed by atoms with Crippen molar-refractivity contribution >= 4 is 34.3 Å². The number of amides is 1. The summed E-state index contributed by atoms with van der Waals surface area (Å²) in [5.41, 5.74) is 4.74. The average molecular weight is 513 g/mol. The summed E-state index contributed by atoms with van der Waals surface area (Å²) in [5.74, 6) is 1.45. The molecule has 1 N–H and O–H groups in total. The van der Waals surface area contributed by atoms with Crippen molar-refractivity contribution in [1.82, 2.24) is 19.9 Å². The number of carbonyl (C=O) groups is 1. The van der Waals surface area contributed by atoms with Crippen molar-refractivity contribution in [2.45, 2.75) is 0 Å². The molecule has 9 nitrogen and oxygen atoms in total. The molecule has 1 saturated heterocycles. The third-order valence-corrected chi connectivity index (χ3v) is 6.76. The van der Waals surface area contributed by atoms with Crippen LogP contribution in [-0.2, 0) is 0 Å². The first-order chi connectivity index (χ1) is 19.2. The van der Waals surface area contributed by atoms with Crippen molar-refractivity contribution in [2.75, 3.05) is 41.3 Å². The fraction of sp³-hybridized carbons (Fsp3) is 0.133. The monoisotopic (exact) mass is 512 g/mol. The first kappa shape index (κ1) is 24.0. The number of nitrogens with one attached hydrogen (secondary N) is 1. The SMILES string of the molecule is N#Cc1cc(-c2ccc3ncc(N4CCN(c5cnccn5)CC4)nc3c2)ccc1NC(=O)c1ccccc1. The quantitative estimate of drug-likeness (QED) is 0.366. The molecule has 3 heterocycles. The third kappa shape index (κ3) is 5.08. The molecule has 6 rings (SSSR count). The number of benzene rings is 3. The van der Waals surface area contributed by atoms with Gasteiger partial charge < -0.3 is 15.1 Å². The van der Waals surface area contributed by atoms with Gasteiger partial charge in [-0.2, -0.15) is 5.26 Å². The lowest BCUT2D eigenvalue weighted by molar-refractivity contribution is 0.102. The molecule has 1 aliphatic rings. The molecule has 0 spiro atoms. The first-order valence-corrected chi connectivity index (χ1v) is 12.6. The Morgan fingerprint density at radius 3 is 2.28 bits per heavy atom. The average Bonchev–Trinajstić information content (AvgIpc) is 3.01. The summed E-state index contributed by atoms with van der Waals surface area (Å²) in [6, 6.07) is 22.5.